The molecule has 24 heavy (non-hydrogen) atoms. The van der Waals surface area contributed by atoms with Gasteiger partial charge in [0.1, 0.15) is 0 Å². The molecule has 4 heteroatoms. The summed E-state index contributed by atoms with van der Waals surface area (Å²) in [6, 6.07) is 17.3. The zero-order valence-corrected chi connectivity index (χ0v) is 13.8. The molecule has 0 aliphatic heterocycles. The van der Waals surface area contributed by atoms with Crippen molar-refractivity contribution in [1.29, 1.82) is 5.26 Å². The van der Waals surface area contributed by atoms with Crippen LogP contribution in [0.1, 0.15) is 35.3 Å². The summed E-state index contributed by atoms with van der Waals surface area (Å²) in [7, 11) is 0. The SMILES string of the molecule is Cc1[nH]c2ccccc2c1CC(=O)NC(C)c1ccc(C#N)cc1. The molecule has 0 aliphatic rings. The van der Waals surface area contributed by atoms with Crippen molar-refractivity contribution in [2.45, 2.75) is 26.3 Å². The van der Waals surface area contributed by atoms with Gasteiger partial charge in [0.25, 0.3) is 0 Å². The molecular weight excluding hydrogens is 298 g/mol. The van der Waals surface area contributed by atoms with Crippen molar-refractivity contribution < 1.29 is 4.79 Å². The number of carbonyl (C=O) groups excluding carboxylic acids is 1. The Morgan fingerprint density at radius 1 is 1.21 bits per heavy atom. The highest BCUT2D eigenvalue weighted by atomic mass is 16.1. The Bertz CT molecular complexity index is 916. The number of hydrogen-bond donors (Lipinski definition) is 2. The summed E-state index contributed by atoms with van der Waals surface area (Å²) in [4.78, 5) is 15.8. The smallest absolute Gasteiger partial charge is 0.224 e. The summed E-state index contributed by atoms with van der Waals surface area (Å²) >= 11 is 0. The van der Waals surface area contributed by atoms with Crippen molar-refractivity contribution in [2.24, 2.45) is 0 Å². The largest absolute Gasteiger partial charge is 0.358 e. The van der Waals surface area contributed by atoms with E-state index in [-0.39, 0.29) is 11.9 Å². The van der Waals surface area contributed by atoms with Crippen LogP contribution in [-0.4, -0.2) is 10.9 Å². The van der Waals surface area contributed by atoms with Crippen LogP contribution in [0.3, 0.4) is 0 Å². The lowest BCUT2D eigenvalue weighted by molar-refractivity contribution is -0.121. The van der Waals surface area contributed by atoms with Gasteiger partial charge in [-0.2, -0.15) is 5.26 Å². The van der Waals surface area contributed by atoms with E-state index >= 15 is 0 Å². The zero-order valence-electron chi connectivity index (χ0n) is 13.8. The fourth-order valence-corrected chi connectivity index (χ4v) is 2.95. The summed E-state index contributed by atoms with van der Waals surface area (Å²) in [5, 5.41) is 13.0. The average molecular weight is 317 g/mol. The van der Waals surface area contributed by atoms with Crippen LogP contribution in [0.4, 0.5) is 0 Å². The number of nitrogens with one attached hydrogen (secondary N) is 2. The van der Waals surface area contributed by atoms with Crippen LogP contribution >= 0.6 is 0 Å². The Morgan fingerprint density at radius 3 is 2.62 bits per heavy atom. The summed E-state index contributed by atoms with van der Waals surface area (Å²) in [5.41, 5.74) is 4.72. The molecule has 1 aromatic heterocycles. The lowest BCUT2D eigenvalue weighted by Crippen LogP contribution is -2.28. The maximum atomic E-state index is 12.4. The van der Waals surface area contributed by atoms with Crippen LogP contribution in [0.2, 0.25) is 0 Å². The maximum absolute atomic E-state index is 12.4. The minimum absolute atomic E-state index is 0.0142. The Balaban J connectivity index is 1.72. The van der Waals surface area contributed by atoms with E-state index in [1.807, 2.05) is 50.2 Å². The van der Waals surface area contributed by atoms with E-state index in [1.165, 1.54) is 0 Å². The van der Waals surface area contributed by atoms with E-state index in [0.29, 0.717) is 12.0 Å². The topological polar surface area (TPSA) is 68.7 Å². The second-order valence-corrected chi connectivity index (χ2v) is 5.97. The standard InChI is InChI=1S/C20H19N3O/c1-13(16-9-7-15(12-21)8-10-16)23-20(24)11-18-14(2)22-19-6-4-3-5-17(18)19/h3-10,13,22H,11H2,1-2H3,(H,23,24). The Labute approximate surface area is 141 Å². The number of aromatic nitrogens is 1. The maximum Gasteiger partial charge on any atom is 0.224 e. The van der Waals surface area contributed by atoms with Gasteiger partial charge in [-0.05, 0) is 43.2 Å². The van der Waals surface area contributed by atoms with Gasteiger partial charge in [0.05, 0.1) is 24.1 Å². The second-order valence-electron chi connectivity index (χ2n) is 5.97. The van der Waals surface area contributed by atoms with Crippen molar-refractivity contribution in [2.75, 3.05) is 0 Å². The highest BCUT2D eigenvalue weighted by Gasteiger charge is 2.14. The molecule has 120 valence electrons. The van der Waals surface area contributed by atoms with Gasteiger partial charge >= 0.3 is 0 Å². The molecule has 1 atom stereocenters. The molecule has 2 aromatic carbocycles. The quantitative estimate of drug-likeness (QED) is 0.769. The average Bonchev–Trinajstić information content (AvgIpc) is 2.90. The first-order valence-corrected chi connectivity index (χ1v) is 7.94. The van der Waals surface area contributed by atoms with Crippen molar-refractivity contribution in [3.05, 3.63) is 70.9 Å². The summed E-state index contributed by atoms with van der Waals surface area (Å²) in [6.07, 6.45) is 0.344. The molecule has 1 amide bonds. The van der Waals surface area contributed by atoms with Gasteiger partial charge in [0.15, 0.2) is 0 Å². The Morgan fingerprint density at radius 2 is 1.92 bits per heavy atom. The lowest BCUT2D eigenvalue weighted by atomic mass is 10.0. The van der Waals surface area contributed by atoms with Gasteiger partial charge in [-0.1, -0.05) is 30.3 Å². The number of benzene rings is 2. The number of nitriles is 1. The summed E-state index contributed by atoms with van der Waals surface area (Å²) in [6.45, 7) is 3.94. The summed E-state index contributed by atoms with van der Waals surface area (Å²) < 4.78 is 0. The molecule has 1 heterocycles. The van der Waals surface area contributed by atoms with Crippen LogP contribution in [0.25, 0.3) is 10.9 Å². The number of rotatable bonds is 4. The third-order valence-corrected chi connectivity index (χ3v) is 4.28. The molecule has 0 saturated carbocycles. The Hall–Kier alpha value is -3.06. The van der Waals surface area contributed by atoms with Crippen molar-refractivity contribution in [1.82, 2.24) is 10.3 Å². The summed E-state index contributed by atoms with van der Waals surface area (Å²) in [5.74, 6) is -0.0142. The van der Waals surface area contributed by atoms with Gasteiger partial charge in [-0.3, -0.25) is 4.79 Å². The van der Waals surface area contributed by atoms with Crippen LogP contribution < -0.4 is 5.32 Å². The van der Waals surface area contributed by atoms with Crippen LogP contribution in [-0.2, 0) is 11.2 Å². The molecule has 0 aliphatic carbocycles. The molecule has 0 saturated heterocycles. The first-order chi connectivity index (χ1) is 11.6. The molecule has 0 spiro atoms. The molecule has 0 bridgehead atoms. The predicted octanol–water partition coefficient (Wildman–Crippen LogP) is 3.77. The van der Waals surface area contributed by atoms with Gasteiger partial charge in [0, 0.05) is 16.6 Å². The third-order valence-electron chi connectivity index (χ3n) is 4.28. The number of aryl methyl sites for hydroxylation is 1. The molecule has 3 rings (SSSR count). The van der Waals surface area contributed by atoms with E-state index in [4.69, 9.17) is 5.26 Å². The minimum Gasteiger partial charge on any atom is -0.358 e. The van der Waals surface area contributed by atoms with E-state index < -0.39 is 0 Å². The lowest BCUT2D eigenvalue weighted by Gasteiger charge is -2.14. The number of carbonyl (C=O) groups is 1. The fourth-order valence-electron chi connectivity index (χ4n) is 2.95. The molecule has 2 N–H and O–H groups in total. The van der Waals surface area contributed by atoms with Crippen molar-refractivity contribution in [3.8, 4) is 6.07 Å². The normalized spacial score (nSPS) is 11.9. The number of amides is 1. The van der Waals surface area contributed by atoms with Crippen LogP contribution in [0.5, 0.6) is 0 Å². The first-order valence-electron chi connectivity index (χ1n) is 7.94. The second kappa shape index (κ2) is 6.59. The number of fused-ring (bicyclic) bond motifs is 1. The highest BCUT2D eigenvalue weighted by Crippen LogP contribution is 2.22. The van der Waals surface area contributed by atoms with Gasteiger partial charge in [-0.15, -0.1) is 0 Å². The number of nitrogens with zero attached hydrogens (tertiary/aromatic N) is 1. The number of aromatic amines is 1. The molecule has 0 radical (unpaired) electrons. The van der Waals surface area contributed by atoms with Gasteiger partial charge < -0.3 is 10.3 Å². The molecule has 3 aromatic rings. The monoisotopic (exact) mass is 317 g/mol. The molecule has 1 unspecified atom stereocenters. The molecular formula is C20H19N3O. The minimum atomic E-state index is -0.101. The number of hydrogen-bond acceptors (Lipinski definition) is 2. The third kappa shape index (κ3) is 3.16. The van der Waals surface area contributed by atoms with E-state index in [1.54, 1.807) is 12.1 Å². The predicted molar refractivity (Wildman–Crippen MR) is 94.5 cm³/mol. The highest BCUT2D eigenvalue weighted by molar-refractivity contribution is 5.90. The zero-order chi connectivity index (χ0) is 17.1. The molecule has 0 fully saturated rings. The van der Waals surface area contributed by atoms with Crippen LogP contribution in [0.15, 0.2) is 48.5 Å². The van der Waals surface area contributed by atoms with E-state index in [0.717, 1.165) is 27.7 Å². The van der Waals surface area contributed by atoms with E-state index in [2.05, 4.69) is 16.4 Å². The van der Waals surface area contributed by atoms with Crippen molar-refractivity contribution >= 4 is 16.8 Å². The van der Waals surface area contributed by atoms with E-state index in [9.17, 15) is 4.79 Å². The van der Waals surface area contributed by atoms with Crippen molar-refractivity contribution in [3.63, 3.8) is 0 Å². The van der Waals surface area contributed by atoms with Crippen LogP contribution in [0, 0.1) is 18.3 Å². The number of H-pyrrole nitrogens is 1. The fraction of sp³-hybridized carbons (Fsp3) is 0.200. The Kier molecular flexibility index (Phi) is 4.35. The number of para-hydroxylation sites is 1. The first kappa shape index (κ1) is 15.8. The van der Waals surface area contributed by atoms with Gasteiger partial charge in [0.2, 0.25) is 5.91 Å². The van der Waals surface area contributed by atoms with Gasteiger partial charge in [-0.25, -0.2) is 0 Å². The molecule has 4 nitrogen and oxygen atoms in total.